The Bertz CT molecular complexity index is 1040. The third kappa shape index (κ3) is 3.95. The van der Waals surface area contributed by atoms with Gasteiger partial charge in [-0.25, -0.2) is 4.39 Å². The normalized spacial score (nSPS) is 16.7. The number of halogens is 1. The van der Waals surface area contributed by atoms with Gasteiger partial charge in [0.15, 0.2) is 0 Å². The van der Waals surface area contributed by atoms with Crippen LogP contribution in [0.1, 0.15) is 22.3 Å². The number of morpholine rings is 1. The number of rotatable bonds is 4. The number of carbonyl (C=O) groups excluding carboxylic acids is 1. The molecular weight excluding hydrogens is 379 g/mol. The van der Waals surface area contributed by atoms with Crippen LogP contribution in [0.3, 0.4) is 0 Å². The standard InChI is InChI=1S/C20H19FN4O4/c1-27-18-9-16(23-20(24-18)28-2)19(26)25-5-6-29-17(11-25)15-8-13-7-14(21)4-3-12(13)10-22-15/h3-4,7-10,17H,5-6,11H2,1-2H3. The molecule has 3 heterocycles. The number of amides is 1. The van der Waals surface area contributed by atoms with E-state index < -0.39 is 6.10 Å². The molecule has 1 aliphatic rings. The maximum Gasteiger partial charge on any atom is 0.320 e. The molecule has 0 radical (unpaired) electrons. The van der Waals surface area contributed by atoms with E-state index in [1.165, 1.54) is 32.4 Å². The molecule has 2 aromatic heterocycles. The van der Waals surface area contributed by atoms with Crippen molar-refractivity contribution >= 4 is 16.7 Å². The lowest BCUT2D eigenvalue weighted by atomic mass is 10.1. The Balaban J connectivity index is 1.57. The van der Waals surface area contributed by atoms with Crippen molar-refractivity contribution in [2.24, 2.45) is 0 Å². The molecule has 1 unspecified atom stereocenters. The van der Waals surface area contributed by atoms with E-state index in [0.29, 0.717) is 25.4 Å². The van der Waals surface area contributed by atoms with E-state index in [1.54, 1.807) is 23.2 Å². The van der Waals surface area contributed by atoms with Crippen LogP contribution >= 0.6 is 0 Å². The maximum absolute atomic E-state index is 13.6. The van der Waals surface area contributed by atoms with Crippen molar-refractivity contribution in [3.05, 3.63) is 53.7 Å². The fourth-order valence-electron chi connectivity index (χ4n) is 3.19. The highest BCUT2D eigenvalue weighted by molar-refractivity contribution is 5.92. The van der Waals surface area contributed by atoms with Gasteiger partial charge in [-0.1, -0.05) is 0 Å². The van der Waals surface area contributed by atoms with Crippen molar-refractivity contribution in [2.45, 2.75) is 6.10 Å². The van der Waals surface area contributed by atoms with Crippen molar-refractivity contribution in [2.75, 3.05) is 33.9 Å². The summed E-state index contributed by atoms with van der Waals surface area (Å²) in [5.41, 5.74) is 0.807. The van der Waals surface area contributed by atoms with Gasteiger partial charge in [-0.15, -0.1) is 0 Å². The van der Waals surface area contributed by atoms with Gasteiger partial charge in [-0.3, -0.25) is 9.78 Å². The number of carbonyl (C=O) groups is 1. The van der Waals surface area contributed by atoms with Crippen LogP contribution < -0.4 is 9.47 Å². The molecule has 3 aromatic rings. The Kier molecular flexibility index (Phi) is 5.22. The number of hydrogen-bond donors (Lipinski definition) is 0. The van der Waals surface area contributed by atoms with Gasteiger partial charge in [-0.05, 0) is 29.7 Å². The first kappa shape index (κ1) is 19.0. The summed E-state index contributed by atoms with van der Waals surface area (Å²) < 4.78 is 29.5. The molecule has 9 heteroatoms. The highest BCUT2D eigenvalue weighted by Crippen LogP contribution is 2.25. The lowest BCUT2D eigenvalue weighted by Gasteiger charge is -2.32. The molecular formula is C20H19FN4O4. The number of aromatic nitrogens is 3. The van der Waals surface area contributed by atoms with Crippen molar-refractivity contribution in [3.63, 3.8) is 0 Å². The largest absolute Gasteiger partial charge is 0.481 e. The van der Waals surface area contributed by atoms with Gasteiger partial charge >= 0.3 is 6.01 Å². The first-order chi connectivity index (χ1) is 14.1. The first-order valence-electron chi connectivity index (χ1n) is 9.00. The van der Waals surface area contributed by atoms with Crippen molar-refractivity contribution < 1.29 is 23.4 Å². The number of ether oxygens (including phenoxy) is 3. The summed E-state index contributed by atoms with van der Waals surface area (Å²) in [6, 6.07) is 7.82. The molecule has 0 bridgehead atoms. The number of pyridine rings is 1. The Labute approximate surface area is 166 Å². The van der Waals surface area contributed by atoms with Gasteiger partial charge in [0, 0.05) is 24.2 Å². The fraction of sp³-hybridized carbons (Fsp3) is 0.300. The van der Waals surface area contributed by atoms with E-state index in [2.05, 4.69) is 15.0 Å². The minimum Gasteiger partial charge on any atom is -0.481 e. The maximum atomic E-state index is 13.6. The van der Waals surface area contributed by atoms with Crippen LogP contribution in [0.15, 0.2) is 36.5 Å². The molecule has 1 amide bonds. The van der Waals surface area contributed by atoms with E-state index in [4.69, 9.17) is 14.2 Å². The molecule has 1 atom stereocenters. The highest BCUT2D eigenvalue weighted by atomic mass is 19.1. The summed E-state index contributed by atoms with van der Waals surface area (Å²) in [6.07, 6.45) is 1.25. The van der Waals surface area contributed by atoms with E-state index in [1.807, 2.05) is 0 Å². The Morgan fingerprint density at radius 3 is 2.83 bits per heavy atom. The lowest BCUT2D eigenvalue weighted by Crippen LogP contribution is -2.42. The third-order valence-corrected chi connectivity index (χ3v) is 4.68. The molecule has 0 aliphatic carbocycles. The van der Waals surface area contributed by atoms with Crippen LogP contribution in [-0.4, -0.2) is 59.7 Å². The van der Waals surface area contributed by atoms with Crippen LogP contribution in [-0.2, 0) is 4.74 Å². The molecule has 1 aromatic carbocycles. The average Bonchev–Trinajstić information content (AvgIpc) is 2.77. The number of fused-ring (bicyclic) bond motifs is 1. The second-order valence-electron chi connectivity index (χ2n) is 6.49. The SMILES string of the molecule is COc1cc(C(=O)N2CCOC(c3cc4cc(F)ccc4cn3)C2)nc(OC)n1. The quantitative estimate of drug-likeness (QED) is 0.667. The molecule has 29 heavy (non-hydrogen) atoms. The van der Waals surface area contributed by atoms with Crippen LogP contribution in [0.25, 0.3) is 10.8 Å². The molecule has 4 rings (SSSR count). The number of hydrogen-bond acceptors (Lipinski definition) is 7. The van der Waals surface area contributed by atoms with Gasteiger partial charge in [-0.2, -0.15) is 9.97 Å². The van der Waals surface area contributed by atoms with Crippen LogP contribution in [0.5, 0.6) is 11.9 Å². The van der Waals surface area contributed by atoms with Gasteiger partial charge in [0.25, 0.3) is 5.91 Å². The van der Waals surface area contributed by atoms with E-state index in [-0.39, 0.29) is 29.3 Å². The Morgan fingerprint density at radius 2 is 2.03 bits per heavy atom. The van der Waals surface area contributed by atoms with Crippen LogP contribution in [0, 0.1) is 5.82 Å². The van der Waals surface area contributed by atoms with Gasteiger partial charge in [0.05, 0.1) is 33.1 Å². The van der Waals surface area contributed by atoms with Crippen molar-refractivity contribution in [1.82, 2.24) is 19.9 Å². The van der Waals surface area contributed by atoms with Gasteiger partial charge < -0.3 is 19.1 Å². The molecule has 1 fully saturated rings. The molecule has 0 spiro atoms. The second kappa shape index (κ2) is 7.96. The van der Waals surface area contributed by atoms with E-state index in [9.17, 15) is 9.18 Å². The summed E-state index contributed by atoms with van der Waals surface area (Å²) in [4.78, 5) is 27.2. The van der Waals surface area contributed by atoms with Crippen molar-refractivity contribution in [1.29, 1.82) is 0 Å². The Morgan fingerprint density at radius 1 is 1.17 bits per heavy atom. The van der Waals surface area contributed by atoms with E-state index in [0.717, 1.165) is 10.8 Å². The lowest BCUT2D eigenvalue weighted by molar-refractivity contribution is -0.0248. The molecule has 1 saturated heterocycles. The zero-order chi connectivity index (χ0) is 20.4. The molecule has 1 aliphatic heterocycles. The number of methoxy groups -OCH3 is 2. The minimum atomic E-state index is -0.425. The van der Waals surface area contributed by atoms with Crippen LogP contribution in [0.4, 0.5) is 4.39 Å². The molecule has 0 saturated carbocycles. The zero-order valence-corrected chi connectivity index (χ0v) is 16.0. The predicted molar refractivity (Wildman–Crippen MR) is 101 cm³/mol. The van der Waals surface area contributed by atoms with Crippen LogP contribution in [0.2, 0.25) is 0 Å². The predicted octanol–water partition coefficient (Wildman–Crippen LogP) is 2.39. The fourth-order valence-corrected chi connectivity index (χ4v) is 3.19. The Hall–Kier alpha value is -3.33. The molecule has 150 valence electrons. The smallest absolute Gasteiger partial charge is 0.320 e. The third-order valence-electron chi connectivity index (χ3n) is 4.68. The highest BCUT2D eigenvalue weighted by Gasteiger charge is 2.28. The zero-order valence-electron chi connectivity index (χ0n) is 16.0. The summed E-state index contributed by atoms with van der Waals surface area (Å²) in [6.45, 7) is 1.05. The summed E-state index contributed by atoms with van der Waals surface area (Å²) in [5.74, 6) is -0.366. The molecule has 8 nitrogen and oxygen atoms in total. The van der Waals surface area contributed by atoms with Gasteiger partial charge in [0.2, 0.25) is 5.88 Å². The molecule has 0 N–H and O–H groups in total. The van der Waals surface area contributed by atoms with Gasteiger partial charge in [0.1, 0.15) is 17.6 Å². The summed E-state index contributed by atoms with van der Waals surface area (Å²) in [7, 11) is 2.87. The second-order valence-corrected chi connectivity index (χ2v) is 6.49. The monoisotopic (exact) mass is 398 g/mol. The summed E-state index contributed by atoms with van der Waals surface area (Å²) in [5, 5.41) is 1.56. The number of benzene rings is 1. The summed E-state index contributed by atoms with van der Waals surface area (Å²) >= 11 is 0. The minimum absolute atomic E-state index is 0.0516. The topological polar surface area (TPSA) is 86.7 Å². The first-order valence-corrected chi connectivity index (χ1v) is 9.00. The van der Waals surface area contributed by atoms with Crippen molar-refractivity contribution in [3.8, 4) is 11.9 Å². The average molecular weight is 398 g/mol. The number of nitrogens with zero attached hydrogens (tertiary/aromatic N) is 4. The van der Waals surface area contributed by atoms with E-state index >= 15 is 0 Å².